The van der Waals surface area contributed by atoms with E-state index in [9.17, 15) is 14.4 Å². The number of urea groups is 1. The lowest BCUT2D eigenvalue weighted by Gasteiger charge is -2.23. The Kier molecular flexibility index (Phi) is 6.62. The molecule has 0 unspecified atom stereocenters. The third kappa shape index (κ3) is 7.14. The first kappa shape index (κ1) is 20.5. The zero-order valence-corrected chi connectivity index (χ0v) is 16.0. The van der Waals surface area contributed by atoms with Crippen LogP contribution in [0, 0.1) is 0 Å². The van der Waals surface area contributed by atoms with Gasteiger partial charge in [-0.15, -0.1) is 0 Å². The van der Waals surface area contributed by atoms with E-state index in [4.69, 9.17) is 9.47 Å². The predicted octanol–water partition coefficient (Wildman–Crippen LogP) is 0.952. The molecule has 0 aromatic heterocycles. The second-order valence-electron chi connectivity index (χ2n) is 7.33. The van der Waals surface area contributed by atoms with Gasteiger partial charge in [0.1, 0.15) is 13.2 Å². The first-order valence-electron chi connectivity index (χ1n) is 8.62. The minimum atomic E-state index is -0.663. The molecule has 0 atom stereocenters. The highest BCUT2D eigenvalue weighted by molar-refractivity contribution is 6.02. The van der Waals surface area contributed by atoms with Crippen LogP contribution in [0.4, 0.5) is 10.5 Å². The lowest BCUT2D eigenvalue weighted by molar-refractivity contribution is -0.124. The molecule has 4 amide bonds. The summed E-state index contributed by atoms with van der Waals surface area (Å²) in [6.45, 7) is 6.51. The van der Waals surface area contributed by atoms with Gasteiger partial charge in [0, 0.05) is 17.3 Å². The molecule has 0 spiro atoms. The molecule has 9 heteroatoms. The van der Waals surface area contributed by atoms with Crippen LogP contribution in [0.1, 0.15) is 20.8 Å². The van der Waals surface area contributed by atoms with E-state index in [0.29, 0.717) is 30.4 Å². The van der Waals surface area contributed by atoms with Gasteiger partial charge >= 0.3 is 6.03 Å². The lowest BCUT2D eigenvalue weighted by atomic mass is 10.1. The second kappa shape index (κ2) is 8.72. The molecule has 1 aromatic carbocycles. The summed E-state index contributed by atoms with van der Waals surface area (Å²) in [4.78, 5) is 37.3. The Hall–Kier alpha value is -2.81. The Morgan fingerprint density at radius 2 is 1.67 bits per heavy atom. The van der Waals surface area contributed by atoms with Crippen LogP contribution < -0.4 is 25.4 Å². The van der Waals surface area contributed by atoms with Crippen LogP contribution in [-0.4, -0.2) is 61.6 Å². The third-order valence-corrected chi connectivity index (χ3v) is 3.39. The van der Waals surface area contributed by atoms with Crippen molar-refractivity contribution in [2.75, 3.05) is 38.7 Å². The van der Waals surface area contributed by atoms with Crippen LogP contribution in [0.15, 0.2) is 18.2 Å². The van der Waals surface area contributed by atoms with E-state index in [1.54, 1.807) is 25.2 Å². The van der Waals surface area contributed by atoms with E-state index in [1.807, 2.05) is 20.8 Å². The van der Waals surface area contributed by atoms with Crippen LogP contribution >= 0.6 is 0 Å². The summed E-state index contributed by atoms with van der Waals surface area (Å²) in [5.74, 6) is 0.433. The quantitative estimate of drug-likeness (QED) is 0.704. The fourth-order valence-corrected chi connectivity index (χ4v) is 2.45. The first-order chi connectivity index (χ1) is 12.6. The fourth-order valence-electron chi connectivity index (χ4n) is 2.45. The summed E-state index contributed by atoms with van der Waals surface area (Å²) < 4.78 is 10.9. The van der Waals surface area contributed by atoms with Crippen LogP contribution in [0.2, 0.25) is 0 Å². The standard InChI is InChI=1S/C18H26N4O5/c1-18(2,3)21-16(24)11-22(4)10-15(23)20-17(25)19-12-5-6-13-14(9-12)27-8-7-26-13/h5-6,9H,7-8,10-11H2,1-4H3,(H,21,24)(H2,19,20,23,25). The van der Waals surface area contributed by atoms with Gasteiger partial charge in [-0.2, -0.15) is 0 Å². The summed E-state index contributed by atoms with van der Waals surface area (Å²) in [5.41, 5.74) is 0.131. The molecule has 0 radical (unpaired) electrons. The molecule has 1 aromatic rings. The third-order valence-electron chi connectivity index (χ3n) is 3.39. The summed E-state index contributed by atoms with van der Waals surface area (Å²) in [5, 5.41) is 7.60. The molecule has 0 saturated heterocycles. The number of carbonyl (C=O) groups excluding carboxylic acids is 3. The number of nitrogens with zero attached hydrogens (tertiary/aromatic N) is 1. The van der Waals surface area contributed by atoms with Gasteiger partial charge in [-0.05, 0) is 40.0 Å². The van der Waals surface area contributed by atoms with Gasteiger partial charge in [0.25, 0.3) is 0 Å². The van der Waals surface area contributed by atoms with Crippen molar-refractivity contribution in [1.82, 2.24) is 15.5 Å². The van der Waals surface area contributed by atoms with Gasteiger partial charge in [-0.3, -0.25) is 19.8 Å². The topological polar surface area (TPSA) is 109 Å². The van der Waals surface area contributed by atoms with Crippen molar-refractivity contribution in [3.8, 4) is 11.5 Å². The van der Waals surface area contributed by atoms with E-state index in [1.165, 1.54) is 4.90 Å². The molecular weight excluding hydrogens is 352 g/mol. The molecule has 1 aliphatic rings. The number of carbonyl (C=O) groups is 3. The van der Waals surface area contributed by atoms with Gasteiger partial charge in [0.15, 0.2) is 11.5 Å². The lowest BCUT2D eigenvalue weighted by Crippen LogP contribution is -2.47. The molecular formula is C18H26N4O5. The van der Waals surface area contributed by atoms with Gasteiger partial charge in [0.05, 0.1) is 13.1 Å². The number of ether oxygens (including phenoxy) is 2. The smallest absolute Gasteiger partial charge is 0.325 e. The van der Waals surface area contributed by atoms with Gasteiger partial charge in [-0.1, -0.05) is 0 Å². The summed E-state index contributed by atoms with van der Waals surface area (Å²) in [7, 11) is 1.63. The summed E-state index contributed by atoms with van der Waals surface area (Å²) >= 11 is 0. The normalized spacial score (nSPS) is 13.1. The number of amides is 4. The molecule has 3 N–H and O–H groups in total. The number of rotatable bonds is 5. The molecule has 1 aliphatic heterocycles. The zero-order chi connectivity index (χ0) is 20.0. The molecule has 148 valence electrons. The maximum absolute atomic E-state index is 12.0. The summed E-state index contributed by atoms with van der Waals surface area (Å²) in [6.07, 6.45) is 0. The number of fused-ring (bicyclic) bond motifs is 1. The van der Waals surface area contributed by atoms with Crippen molar-refractivity contribution in [2.45, 2.75) is 26.3 Å². The Morgan fingerprint density at radius 1 is 1.04 bits per heavy atom. The average molecular weight is 378 g/mol. The van der Waals surface area contributed by atoms with Crippen LogP contribution in [-0.2, 0) is 9.59 Å². The monoisotopic (exact) mass is 378 g/mol. The number of likely N-dealkylation sites (N-methyl/N-ethyl adjacent to an activating group) is 1. The Labute approximate surface area is 158 Å². The highest BCUT2D eigenvalue weighted by atomic mass is 16.6. The number of imide groups is 1. The summed E-state index contributed by atoms with van der Waals surface area (Å²) in [6, 6.07) is 4.31. The molecule has 9 nitrogen and oxygen atoms in total. The molecule has 27 heavy (non-hydrogen) atoms. The minimum absolute atomic E-state index is 0.0501. The largest absolute Gasteiger partial charge is 0.486 e. The Balaban J connectivity index is 1.78. The molecule has 0 aliphatic carbocycles. The van der Waals surface area contributed by atoms with Crippen molar-refractivity contribution >= 4 is 23.5 Å². The van der Waals surface area contributed by atoms with Crippen LogP contribution in [0.3, 0.4) is 0 Å². The number of hydrogen-bond donors (Lipinski definition) is 3. The van der Waals surface area contributed by atoms with Crippen molar-refractivity contribution in [2.24, 2.45) is 0 Å². The SMILES string of the molecule is CN(CC(=O)NC(=O)Nc1ccc2c(c1)OCCO2)CC(=O)NC(C)(C)C. The van der Waals surface area contributed by atoms with E-state index in [2.05, 4.69) is 16.0 Å². The van der Waals surface area contributed by atoms with Crippen molar-refractivity contribution in [1.29, 1.82) is 0 Å². The maximum atomic E-state index is 12.0. The molecule has 1 heterocycles. The van der Waals surface area contributed by atoms with E-state index in [-0.39, 0.29) is 24.5 Å². The second-order valence-corrected chi connectivity index (χ2v) is 7.33. The number of hydrogen-bond acceptors (Lipinski definition) is 6. The maximum Gasteiger partial charge on any atom is 0.325 e. The molecule has 0 bridgehead atoms. The molecule has 2 rings (SSSR count). The number of anilines is 1. The van der Waals surface area contributed by atoms with Crippen molar-refractivity contribution in [3.05, 3.63) is 18.2 Å². The Morgan fingerprint density at radius 3 is 2.33 bits per heavy atom. The van der Waals surface area contributed by atoms with Gasteiger partial charge < -0.3 is 20.1 Å². The van der Waals surface area contributed by atoms with E-state index >= 15 is 0 Å². The predicted molar refractivity (Wildman–Crippen MR) is 100.0 cm³/mol. The molecule has 0 saturated carbocycles. The average Bonchev–Trinajstić information content (AvgIpc) is 2.52. The zero-order valence-electron chi connectivity index (χ0n) is 16.0. The van der Waals surface area contributed by atoms with Gasteiger partial charge in [-0.25, -0.2) is 4.79 Å². The molecule has 0 fully saturated rings. The van der Waals surface area contributed by atoms with E-state index < -0.39 is 11.9 Å². The van der Waals surface area contributed by atoms with Crippen molar-refractivity contribution in [3.63, 3.8) is 0 Å². The van der Waals surface area contributed by atoms with Gasteiger partial charge in [0.2, 0.25) is 11.8 Å². The highest BCUT2D eigenvalue weighted by Gasteiger charge is 2.18. The van der Waals surface area contributed by atoms with Crippen molar-refractivity contribution < 1.29 is 23.9 Å². The van der Waals surface area contributed by atoms with E-state index in [0.717, 1.165) is 0 Å². The fraction of sp³-hybridized carbons (Fsp3) is 0.500. The number of benzene rings is 1. The Bertz CT molecular complexity index is 714. The van der Waals surface area contributed by atoms with Crippen LogP contribution in [0.5, 0.6) is 11.5 Å². The number of nitrogens with one attached hydrogen (secondary N) is 3. The highest BCUT2D eigenvalue weighted by Crippen LogP contribution is 2.32. The first-order valence-corrected chi connectivity index (χ1v) is 8.62. The van der Waals surface area contributed by atoms with Crippen LogP contribution in [0.25, 0.3) is 0 Å². The minimum Gasteiger partial charge on any atom is -0.486 e.